The largest absolute Gasteiger partial charge is 0.478 e. The zero-order valence-electron chi connectivity index (χ0n) is 7.45. The molecule has 1 N–H and O–H groups in total. The van der Waals surface area contributed by atoms with E-state index in [2.05, 4.69) is 0 Å². The SMILES string of the molecule is Cc1cccc(CO)c1OCC#N. The van der Waals surface area contributed by atoms with Crippen LogP contribution < -0.4 is 4.74 Å². The third-order valence-electron chi connectivity index (χ3n) is 1.74. The van der Waals surface area contributed by atoms with Crippen LogP contribution in [0.15, 0.2) is 18.2 Å². The van der Waals surface area contributed by atoms with Crippen molar-refractivity contribution in [1.82, 2.24) is 0 Å². The molecule has 3 nitrogen and oxygen atoms in total. The zero-order valence-corrected chi connectivity index (χ0v) is 7.45. The summed E-state index contributed by atoms with van der Waals surface area (Å²) in [6, 6.07) is 7.40. The average Bonchev–Trinajstić information content (AvgIpc) is 2.15. The molecule has 1 rings (SSSR count). The minimum absolute atomic E-state index is 0.0118. The third-order valence-corrected chi connectivity index (χ3v) is 1.74. The molecule has 3 heteroatoms. The van der Waals surface area contributed by atoms with Crippen molar-refractivity contribution in [3.8, 4) is 11.8 Å². The minimum atomic E-state index is -0.0670. The fraction of sp³-hybridized carbons (Fsp3) is 0.300. The summed E-state index contributed by atoms with van der Waals surface area (Å²) in [7, 11) is 0. The first-order chi connectivity index (χ1) is 6.29. The highest BCUT2D eigenvalue weighted by molar-refractivity contribution is 5.40. The number of aliphatic hydroxyl groups is 1. The molecule has 0 aliphatic rings. The molecule has 68 valence electrons. The van der Waals surface area contributed by atoms with Crippen molar-refractivity contribution < 1.29 is 9.84 Å². The molecular formula is C10H11NO2. The van der Waals surface area contributed by atoms with Gasteiger partial charge in [0.25, 0.3) is 0 Å². The average molecular weight is 177 g/mol. The highest BCUT2D eigenvalue weighted by atomic mass is 16.5. The van der Waals surface area contributed by atoms with Crippen molar-refractivity contribution in [2.75, 3.05) is 6.61 Å². The number of nitrogens with zero attached hydrogens (tertiary/aromatic N) is 1. The van der Waals surface area contributed by atoms with E-state index in [1.165, 1.54) is 0 Å². The monoisotopic (exact) mass is 177 g/mol. The molecule has 0 atom stereocenters. The molecule has 0 fully saturated rings. The van der Waals surface area contributed by atoms with Crippen LogP contribution in [-0.2, 0) is 6.61 Å². The summed E-state index contributed by atoms with van der Waals surface area (Å²) in [5.41, 5.74) is 1.65. The predicted octanol–water partition coefficient (Wildman–Crippen LogP) is 1.39. The molecule has 0 aliphatic heterocycles. The van der Waals surface area contributed by atoms with Gasteiger partial charge in [-0.1, -0.05) is 18.2 Å². The summed E-state index contributed by atoms with van der Waals surface area (Å²) in [5, 5.41) is 17.3. The van der Waals surface area contributed by atoms with E-state index in [9.17, 15) is 0 Å². The van der Waals surface area contributed by atoms with Crippen LogP contribution in [-0.4, -0.2) is 11.7 Å². The Morgan fingerprint density at radius 3 is 2.92 bits per heavy atom. The van der Waals surface area contributed by atoms with Crippen molar-refractivity contribution in [2.24, 2.45) is 0 Å². The number of rotatable bonds is 3. The lowest BCUT2D eigenvalue weighted by Gasteiger charge is -2.09. The summed E-state index contributed by atoms with van der Waals surface area (Å²) in [4.78, 5) is 0. The highest BCUT2D eigenvalue weighted by Crippen LogP contribution is 2.22. The summed E-state index contributed by atoms with van der Waals surface area (Å²) < 4.78 is 5.19. The van der Waals surface area contributed by atoms with E-state index < -0.39 is 0 Å². The van der Waals surface area contributed by atoms with Gasteiger partial charge in [0, 0.05) is 5.56 Å². The van der Waals surface area contributed by atoms with E-state index in [1.54, 1.807) is 6.07 Å². The van der Waals surface area contributed by atoms with Crippen LogP contribution in [0, 0.1) is 18.3 Å². The van der Waals surface area contributed by atoms with Gasteiger partial charge in [-0.15, -0.1) is 0 Å². The molecule has 13 heavy (non-hydrogen) atoms. The Morgan fingerprint density at radius 2 is 2.31 bits per heavy atom. The molecule has 0 spiro atoms. The van der Waals surface area contributed by atoms with Crippen LogP contribution in [0.2, 0.25) is 0 Å². The molecule has 0 bridgehead atoms. The number of para-hydroxylation sites is 1. The van der Waals surface area contributed by atoms with Crippen molar-refractivity contribution in [3.05, 3.63) is 29.3 Å². The van der Waals surface area contributed by atoms with Crippen molar-refractivity contribution in [3.63, 3.8) is 0 Å². The van der Waals surface area contributed by atoms with Crippen molar-refractivity contribution in [2.45, 2.75) is 13.5 Å². The summed E-state index contributed by atoms with van der Waals surface area (Å²) in [5.74, 6) is 0.617. The summed E-state index contributed by atoms with van der Waals surface area (Å²) >= 11 is 0. The van der Waals surface area contributed by atoms with Crippen molar-refractivity contribution in [1.29, 1.82) is 5.26 Å². The van der Waals surface area contributed by atoms with Gasteiger partial charge in [0.1, 0.15) is 11.8 Å². The van der Waals surface area contributed by atoms with Gasteiger partial charge in [0.05, 0.1) is 6.61 Å². The number of nitriles is 1. The predicted molar refractivity (Wildman–Crippen MR) is 48.2 cm³/mol. The number of aliphatic hydroxyl groups excluding tert-OH is 1. The second-order valence-electron chi connectivity index (χ2n) is 2.67. The van der Waals surface area contributed by atoms with E-state index in [-0.39, 0.29) is 13.2 Å². The normalized spacial score (nSPS) is 9.31. The number of hydrogen-bond donors (Lipinski definition) is 1. The summed E-state index contributed by atoms with van der Waals surface area (Å²) in [6.45, 7) is 1.83. The fourth-order valence-electron chi connectivity index (χ4n) is 1.15. The lowest BCUT2D eigenvalue weighted by atomic mass is 10.1. The molecule has 0 saturated heterocycles. The quantitative estimate of drug-likeness (QED) is 0.759. The van der Waals surface area contributed by atoms with Gasteiger partial charge in [-0.25, -0.2) is 0 Å². The highest BCUT2D eigenvalue weighted by Gasteiger charge is 2.04. The first kappa shape index (κ1) is 9.56. The Labute approximate surface area is 77.2 Å². The molecule has 1 aromatic carbocycles. The number of benzene rings is 1. The lowest BCUT2D eigenvalue weighted by Crippen LogP contribution is -1.99. The topological polar surface area (TPSA) is 53.2 Å². The molecule has 0 radical (unpaired) electrons. The van der Waals surface area contributed by atoms with E-state index in [1.807, 2.05) is 25.1 Å². The lowest BCUT2D eigenvalue weighted by molar-refractivity contribution is 0.270. The Bertz CT molecular complexity index is 328. The molecule has 0 amide bonds. The molecule has 0 aromatic heterocycles. The number of hydrogen-bond acceptors (Lipinski definition) is 3. The summed E-state index contributed by atoms with van der Waals surface area (Å²) in [6.07, 6.45) is 0. The molecular weight excluding hydrogens is 166 g/mol. The first-order valence-electron chi connectivity index (χ1n) is 3.98. The Hall–Kier alpha value is -1.53. The van der Waals surface area contributed by atoms with E-state index in [4.69, 9.17) is 15.1 Å². The first-order valence-corrected chi connectivity index (χ1v) is 3.98. The zero-order chi connectivity index (χ0) is 9.68. The molecule has 0 saturated carbocycles. The number of aryl methyl sites for hydroxylation is 1. The molecule has 0 aliphatic carbocycles. The van der Waals surface area contributed by atoms with Crippen LogP contribution in [0.4, 0.5) is 0 Å². The number of ether oxygens (including phenoxy) is 1. The van der Waals surface area contributed by atoms with E-state index in [0.717, 1.165) is 11.1 Å². The smallest absolute Gasteiger partial charge is 0.174 e. The fourth-order valence-corrected chi connectivity index (χ4v) is 1.15. The van der Waals surface area contributed by atoms with Gasteiger partial charge in [0.15, 0.2) is 6.61 Å². The van der Waals surface area contributed by atoms with E-state index in [0.29, 0.717) is 5.75 Å². The standard InChI is InChI=1S/C10H11NO2/c1-8-3-2-4-9(7-12)10(8)13-6-5-11/h2-4,12H,6-7H2,1H3. The molecule has 0 unspecified atom stereocenters. The van der Waals surface area contributed by atoms with Crippen LogP contribution in [0.3, 0.4) is 0 Å². The maximum Gasteiger partial charge on any atom is 0.174 e. The van der Waals surface area contributed by atoms with Crippen LogP contribution in [0.25, 0.3) is 0 Å². The maximum atomic E-state index is 8.98. The van der Waals surface area contributed by atoms with Gasteiger partial charge < -0.3 is 9.84 Å². The van der Waals surface area contributed by atoms with Crippen molar-refractivity contribution >= 4 is 0 Å². The maximum absolute atomic E-state index is 8.98. The van der Waals surface area contributed by atoms with Crippen LogP contribution in [0.5, 0.6) is 5.75 Å². The Balaban J connectivity index is 2.95. The third kappa shape index (κ3) is 2.20. The van der Waals surface area contributed by atoms with Gasteiger partial charge in [-0.3, -0.25) is 0 Å². The Morgan fingerprint density at radius 1 is 1.54 bits per heavy atom. The second kappa shape index (κ2) is 4.48. The van der Waals surface area contributed by atoms with Gasteiger partial charge in [-0.2, -0.15) is 5.26 Å². The van der Waals surface area contributed by atoms with Crippen LogP contribution >= 0.6 is 0 Å². The molecule has 0 heterocycles. The van der Waals surface area contributed by atoms with Gasteiger partial charge >= 0.3 is 0 Å². The Kier molecular flexibility index (Phi) is 3.30. The minimum Gasteiger partial charge on any atom is -0.478 e. The van der Waals surface area contributed by atoms with E-state index >= 15 is 0 Å². The molecule has 1 aromatic rings. The van der Waals surface area contributed by atoms with Gasteiger partial charge in [0.2, 0.25) is 0 Å². The van der Waals surface area contributed by atoms with Crippen LogP contribution in [0.1, 0.15) is 11.1 Å². The van der Waals surface area contributed by atoms with Gasteiger partial charge in [-0.05, 0) is 12.5 Å². The second-order valence-corrected chi connectivity index (χ2v) is 2.67.